The predicted octanol–water partition coefficient (Wildman–Crippen LogP) is 2.93. The van der Waals surface area contributed by atoms with Gasteiger partial charge in [-0.2, -0.15) is 0 Å². The van der Waals surface area contributed by atoms with Crippen LogP contribution < -0.4 is 5.32 Å². The van der Waals surface area contributed by atoms with Crippen LogP contribution in [0, 0.1) is 6.92 Å². The largest absolute Gasteiger partial charge is 0.461 e. The Morgan fingerprint density at radius 3 is 2.89 bits per heavy atom. The Bertz CT molecular complexity index is 557. The van der Waals surface area contributed by atoms with Crippen LogP contribution in [-0.2, 0) is 6.54 Å². The van der Waals surface area contributed by atoms with Crippen molar-refractivity contribution < 1.29 is 4.42 Å². The molecule has 3 heteroatoms. The average Bonchev–Trinajstić information content (AvgIpc) is 3.20. The zero-order valence-corrected chi connectivity index (χ0v) is 11.8. The van der Waals surface area contributed by atoms with Crippen molar-refractivity contribution in [3.8, 4) is 0 Å². The molecule has 0 radical (unpaired) electrons. The quantitative estimate of drug-likeness (QED) is 0.808. The molecule has 0 saturated heterocycles. The molecule has 0 unspecified atom stereocenters. The van der Waals surface area contributed by atoms with Crippen LogP contribution in [0.1, 0.15) is 24.2 Å². The molecule has 0 bridgehead atoms. The second kappa shape index (κ2) is 5.35. The summed E-state index contributed by atoms with van der Waals surface area (Å²) in [4.78, 5) is 2.45. The highest BCUT2D eigenvalue weighted by Crippen LogP contribution is 2.25. The number of likely N-dealkylation sites (N-methyl/N-ethyl adjacent to an activating group) is 1. The maximum absolute atomic E-state index is 5.77. The van der Waals surface area contributed by atoms with Crippen molar-refractivity contribution >= 4 is 11.0 Å². The minimum Gasteiger partial charge on any atom is -0.461 e. The molecule has 1 N–H and O–H groups in total. The first kappa shape index (κ1) is 12.7. The molecule has 1 aliphatic rings. The Morgan fingerprint density at radius 1 is 1.32 bits per heavy atom. The Morgan fingerprint density at radius 2 is 2.11 bits per heavy atom. The van der Waals surface area contributed by atoms with Crippen LogP contribution in [0.4, 0.5) is 0 Å². The summed E-state index contributed by atoms with van der Waals surface area (Å²) in [6.07, 6.45) is 2.75. The molecule has 0 amide bonds. The highest BCUT2D eigenvalue weighted by molar-refractivity contribution is 5.82. The number of fused-ring (bicyclic) bond motifs is 1. The summed E-state index contributed by atoms with van der Waals surface area (Å²) in [7, 11) is 2.22. The van der Waals surface area contributed by atoms with Crippen LogP contribution in [0.3, 0.4) is 0 Å². The van der Waals surface area contributed by atoms with E-state index >= 15 is 0 Å². The first-order chi connectivity index (χ1) is 9.25. The van der Waals surface area contributed by atoms with Gasteiger partial charge in [0.15, 0.2) is 0 Å². The molecular weight excluding hydrogens is 236 g/mol. The third kappa shape index (κ3) is 2.82. The highest BCUT2D eigenvalue weighted by Gasteiger charge is 2.25. The summed E-state index contributed by atoms with van der Waals surface area (Å²) in [5.74, 6) is 1.03. The number of hydrogen-bond donors (Lipinski definition) is 1. The summed E-state index contributed by atoms with van der Waals surface area (Å²) in [6, 6.07) is 9.11. The van der Waals surface area contributed by atoms with Crippen molar-refractivity contribution in [1.82, 2.24) is 10.2 Å². The molecule has 1 saturated carbocycles. The molecule has 1 aromatic carbocycles. The SMILES string of the molecule is Cc1oc2ccccc2c1CNCCN(C)C1CC1. The Hall–Kier alpha value is -1.32. The second-order valence-electron chi connectivity index (χ2n) is 5.52. The summed E-state index contributed by atoms with van der Waals surface area (Å²) in [5.41, 5.74) is 2.29. The van der Waals surface area contributed by atoms with Gasteiger partial charge in [0.1, 0.15) is 11.3 Å². The van der Waals surface area contributed by atoms with Gasteiger partial charge in [-0.05, 0) is 32.9 Å². The molecule has 3 rings (SSSR count). The minimum absolute atomic E-state index is 0.846. The molecule has 0 atom stereocenters. The number of nitrogens with one attached hydrogen (secondary N) is 1. The molecule has 2 aromatic rings. The Balaban J connectivity index is 1.57. The topological polar surface area (TPSA) is 28.4 Å². The van der Waals surface area contributed by atoms with Crippen molar-refractivity contribution in [2.75, 3.05) is 20.1 Å². The average molecular weight is 258 g/mol. The van der Waals surface area contributed by atoms with E-state index in [4.69, 9.17) is 4.42 Å². The molecule has 1 fully saturated rings. The molecule has 3 nitrogen and oxygen atoms in total. The lowest BCUT2D eigenvalue weighted by Crippen LogP contribution is -2.30. The number of furan rings is 1. The van der Waals surface area contributed by atoms with Crippen molar-refractivity contribution in [2.45, 2.75) is 32.4 Å². The molecular formula is C16H22N2O. The van der Waals surface area contributed by atoms with Crippen LogP contribution in [0.2, 0.25) is 0 Å². The van der Waals surface area contributed by atoms with Gasteiger partial charge in [0.25, 0.3) is 0 Å². The lowest BCUT2D eigenvalue weighted by molar-refractivity contribution is 0.321. The van der Waals surface area contributed by atoms with Crippen molar-refractivity contribution in [1.29, 1.82) is 0 Å². The van der Waals surface area contributed by atoms with Crippen molar-refractivity contribution in [2.24, 2.45) is 0 Å². The lowest BCUT2D eigenvalue weighted by Gasteiger charge is -2.15. The van der Waals surface area contributed by atoms with E-state index in [1.165, 1.54) is 23.8 Å². The maximum atomic E-state index is 5.77. The zero-order chi connectivity index (χ0) is 13.2. The smallest absolute Gasteiger partial charge is 0.134 e. The van der Waals surface area contributed by atoms with Gasteiger partial charge in [0.05, 0.1) is 0 Å². The van der Waals surface area contributed by atoms with Gasteiger partial charge in [0, 0.05) is 36.6 Å². The van der Waals surface area contributed by atoms with Crippen LogP contribution in [-0.4, -0.2) is 31.1 Å². The Kier molecular flexibility index (Phi) is 3.58. The summed E-state index contributed by atoms with van der Waals surface area (Å²) in [5, 5.41) is 4.77. The molecule has 102 valence electrons. The van der Waals surface area contributed by atoms with E-state index in [0.717, 1.165) is 37.0 Å². The number of rotatable bonds is 6. The van der Waals surface area contributed by atoms with E-state index in [2.05, 4.69) is 29.4 Å². The van der Waals surface area contributed by atoms with Crippen LogP contribution in [0.15, 0.2) is 28.7 Å². The van der Waals surface area contributed by atoms with E-state index in [0.29, 0.717) is 0 Å². The van der Waals surface area contributed by atoms with Gasteiger partial charge in [-0.1, -0.05) is 18.2 Å². The van der Waals surface area contributed by atoms with E-state index < -0.39 is 0 Å². The second-order valence-corrected chi connectivity index (χ2v) is 5.52. The molecule has 1 heterocycles. The molecule has 1 aromatic heterocycles. The van der Waals surface area contributed by atoms with Gasteiger partial charge in [-0.3, -0.25) is 0 Å². The first-order valence-electron chi connectivity index (χ1n) is 7.13. The van der Waals surface area contributed by atoms with Crippen molar-refractivity contribution in [3.63, 3.8) is 0 Å². The number of nitrogens with zero attached hydrogens (tertiary/aromatic N) is 1. The molecule has 0 spiro atoms. The maximum Gasteiger partial charge on any atom is 0.134 e. The lowest BCUT2D eigenvalue weighted by atomic mass is 10.1. The third-order valence-corrected chi connectivity index (χ3v) is 4.01. The van der Waals surface area contributed by atoms with E-state index in [9.17, 15) is 0 Å². The van der Waals surface area contributed by atoms with Crippen LogP contribution >= 0.6 is 0 Å². The fraction of sp³-hybridized carbons (Fsp3) is 0.500. The van der Waals surface area contributed by atoms with Gasteiger partial charge in [0.2, 0.25) is 0 Å². The minimum atomic E-state index is 0.846. The van der Waals surface area contributed by atoms with Crippen LogP contribution in [0.25, 0.3) is 11.0 Å². The fourth-order valence-corrected chi connectivity index (χ4v) is 2.61. The Labute approximate surface area is 114 Å². The van der Waals surface area contributed by atoms with Gasteiger partial charge < -0.3 is 14.6 Å². The van der Waals surface area contributed by atoms with E-state index in [1.807, 2.05) is 19.1 Å². The monoisotopic (exact) mass is 258 g/mol. The predicted molar refractivity (Wildman–Crippen MR) is 78.3 cm³/mol. The standard InChI is InChI=1S/C16H22N2O/c1-12-15(14-5-3-4-6-16(14)19-12)11-17-9-10-18(2)13-7-8-13/h3-6,13,17H,7-11H2,1-2H3. The summed E-state index contributed by atoms with van der Waals surface area (Å²) in [6.45, 7) is 5.10. The van der Waals surface area contributed by atoms with Crippen LogP contribution in [0.5, 0.6) is 0 Å². The molecule has 1 aliphatic carbocycles. The molecule has 19 heavy (non-hydrogen) atoms. The number of aryl methyl sites for hydroxylation is 1. The molecule has 0 aliphatic heterocycles. The number of benzene rings is 1. The van der Waals surface area contributed by atoms with E-state index in [1.54, 1.807) is 0 Å². The van der Waals surface area contributed by atoms with Gasteiger partial charge in [-0.15, -0.1) is 0 Å². The third-order valence-electron chi connectivity index (χ3n) is 4.01. The highest BCUT2D eigenvalue weighted by atomic mass is 16.3. The van der Waals surface area contributed by atoms with Gasteiger partial charge >= 0.3 is 0 Å². The van der Waals surface area contributed by atoms with E-state index in [-0.39, 0.29) is 0 Å². The normalized spacial score (nSPS) is 15.5. The van der Waals surface area contributed by atoms with Gasteiger partial charge in [-0.25, -0.2) is 0 Å². The number of para-hydroxylation sites is 1. The number of hydrogen-bond acceptors (Lipinski definition) is 3. The summed E-state index contributed by atoms with van der Waals surface area (Å²) >= 11 is 0. The van der Waals surface area contributed by atoms with Crippen molar-refractivity contribution in [3.05, 3.63) is 35.6 Å². The fourth-order valence-electron chi connectivity index (χ4n) is 2.61. The zero-order valence-electron chi connectivity index (χ0n) is 11.8. The first-order valence-corrected chi connectivity index (χ1v) is 7.13. The summed E-state index contributed by atoms with van der Waals surface area (Å²) < 4.78 is 5.77.